The van der Waals surface area contributed by atoms with E-state index in [-0.39, 0.29) is 17.6 Å². The van der Waals surface area contributed by atoms with Crippen LogP contribution in [0.1, 0.15) is 36.0 Å². The first-order chi connectivity index (χ1) is 9.49. The number of urea groups is 1. The van der Waals surface area contributed by atoms with Gasteiger partial charge in [0.25, 0.3) is 0 Å². The van der Waals surface area contributed by atoms with Gasteiger partial charge in [-0.05, 0) is 31.0 Å². The zero-order valence-electron chi connectivity index (χ0n) is 11.2. The number of amides is 2. The number of halogens is 1. The SMILES string of the molecule is CN(C(=O)Nc1ccc(Br)cc1C(=O)O)C1CCCC1. The average molecular weight is 341 g/mol. The van der Waals surface area contributed by atoms with Crippen LogP contribution in [0.3, 0.4) is 0 Å². The van der Waals surface area contributed by atoms with Crippen molar-refractivity contribution in [2.75, 3.05) is 12.4 Å². The monoisotopic (exact) mass is 340 g/mol. The van der Waals surface area contributed by atoms with Gasteiger partial charge in [-0.15, -0.1) is 0 Å². The highest BCUT2D eigenvalue weighted by molar-refractivity contribution is 9.10. The van der Waals surface area contributed by atoms with E-state index >= 15 is 0 Å². The zero-order chi connectivity index (χ0) is 14.7. The molecular formula is C14H17BrN2O3. The van der Waals surface area contributed by atoms with E-state index < -0.39 is 5.97 Å². The molecule has 1 aromatic carbocycles. The lowest BCUT2D eigenvalue weighted by Gasteiger charge is -2.24. The van der Waals surface area contributed by atoms with Crippen LogP contribution in [0.4, 0.5) is 10.5 Å². The molecule has 1 aliphatic carbocycles. The van der Waals surface area contributed by atoms with E-state index in [1.807, 2.05) is 0 Å². The van der Waals surface area contributed by atoms with Crippen molar-refractivity contribution in [1.82, 2.24) is 4.90 Å². The molecule has 20 heavy (non-hydrogen) atoms. The van der Waals surface area contributed by atoms with Gasteiger partial charge in [0, 0.05) is 17.6 Å². The molecule has 0 radical (unpaired) electrons. The molecule has 2 N–H and O–H groups in total. The maximum absolute atomic E-state index is 12.2. The Bertz CT molecular complexity index is 527. The van der Waals surface area contributed by atoms with Gasteiger partial charge in [-0.2, -0.15) is 0 Å². The van der Waals surface area contributed by atoms with Crippen LogP contribution in [0.5, 0.6) is 0 Å². The lowest BCUT2D eigenvalue weighted by atomic mass is 10.2. The number of rotatable bonds is 3. The van der Waals surface area contributed by atoms with Crippen LogP contribution in [0.25, 0.3) is 0 Å². The summed E-state index contributed by atoms with van der Waals surface area (Å²) in [7, 11) is 1.75. The highest BCUT2D eigenvalue weighted by atomic mass is 79.9. The molecule has 1 aromatic rings. The molecule has 0 atom stereocenters. The fraction of sp³-hybridized carbons (Fsp3) is 0.429. The third-order valence-electron chi connectivity index (χ3n) is 3.65. The molecule has 0 bridgehead atoms. The normalized spacial score (nSPS) is 15.1. The summed E-state index contributed by atoms with van der Waals surface area (Å²) in [4.78, 5) is 25.0. The molecule has 0 spiro atoms. The standard InChI is InChI=1S/C14H17BrN2O3/c1-17(10-4-2-3-5-10)14(20)16-12-7-6-9(15)8-11(12)13(18)19/h6-8,10H,2-5H2,1H3,(H,16,20)(H,18,19). The molecule has 5 nitrogen and oxygen atoms in total. The largest absolute Gasteiger partial charge is 0.478 e. The lowest BCUT2D eigenvalue weighted by Crippen LogP contribution is -2.38. The summed E-state index contributed by atoms with van der Waals surface area (Å²) in [6.07, 6.45) is 4.30. The van der Waals surface area contributed by atoms with Crippen molar-refractivity contribution in [3.8, 4) is 0 Å². The summed E-state index contributed by atoms with van der Waals surface area (Å²) in [5.74, 6) is -1.06. The fourth-order valence-electron chi connectivity index (χ4n) is 2.46. The van der Waals surface area contributed by atoms with Crippen LogP contribution in [0.2, 0.25) is 0 Å². The predicted molar refractivity (Wildman–Crippen MR) is 80.1 cm³/mol. The predicted octanol–water partition coefficient (Wildman–Crippen LogP) is 3.55. The molecule has 0 saturated heterocycles. The second kappa shape index (κ2) is 6.26. The number of hydrogen-bond donors (Lipinski definition) is 2. The van der Waals surface area contributed by atoms with Gasteiger partial charge in [-0.3, -0.25) is 0 Å². The van der Waals surface area contributed by atoms with Crippen LogP contribution < -0.4 is 5.32 Å². The van der Waals surface area contributed by atoms with Crippen LogP contribution in [-0.4, -0.2) is 35.1 Å². The summed E-state index contributed by atoms with van der Waals surface area (Å²) in [5, 5.41) is 11.8. The molecule has 0 heterocycles. The number of nitrogens with one attached hydrogen (secondary N) is 1. The highest BCUT2D eigenvalue weighted by Crippen LogP contribution is 2.25. The number of carbonyl (C=O) groups is 2. The van der Waals surface area contributed by atoms with Crippen LogP contribution >= 0.6 is 15.9 Å². The van der Waals surface area contributed by atoms with Crippen molar-refractivity contribution in [1.29, 1.82) is 0 Å². The van der Waals surface area contributed by atoms with Crippen molar-refractivity contribution in [2.24, 2.45) is 0 Å². The number of nitrogens with zero attached hydrogens (tertiary/aromatic N) is 1. The van der Waals surface area contributed by atoms with Gasteiger partial charge in [0.05, 0.1) is 11.3 Å². The Morgan fingerprint density at radius 3 is 2.60 bits per heavy atom. The molecule has 1 fully saturated rings. The summed E-state index contributed by atoms with van der Waals surface area (Å²) < 4.78 is 0.664. The van der Waals surface area contributed by atoms with E-state index in [0.717, 1.165) is 25.7 Å². The number of aromatic carboxylic acids is 1. The second-order valence-corrected chi connectivity index (χ2v) is 5.89. The number of carbonyl (C=O) groups excluding carboxylic acids is 1. The minimum atomic E-state index is -1.06. The highest BCUT2D eigenvalue weighted by Gasteiger charge is 2.24. The third-order valence-corrected chi connectivity index (χ3v) is 4.14. The van der Waals surface area contributed by atoms with Gasteiger partial charge in [0.2, 0.25) is 0 Å². The quantitative estimate of drug-likeness (QED) is 0.883. The lowest BCUT2D eigenvalue weighted by molar-refractivity contribution is 0.0698. The molecule has 2 rings (SSSR count). The third kappa shape index (κ3) is 3.30. The maximum atomic E-state index is 12.2. The summed E-state index contributed by atoms with van der Waals surface area (Å²) in [5.41, 5.74) is 0.392. The number of carboxylic acid groups (broad SMARTS) is 1. The van der Waals surface area contributed by atoms with E-state index in [0.29, 0.717) is 10.2 Å². The fourth-order valence-corrected chi connectivity index (χ4v) is 2.82. The molecule has 1 aliphatic rings. The van der Waals surface area contributed by atoms with Crippen LogP contribution in [-0.2, 0) is 0 Å². The minimum Gasteiger partial charge on any atom is -0.478 e. The van der Waals surface area contributed by atoms with Gasteiger partial charge in [-0.25, -0.2) is 9.59 Å². The molecule has 0 aliphatic heterocycles. The maximum Gasteiger partial charge on any atom is 0.337 e. The summed E-state index contributed by atoms with van der Waals surface area (Å²) >= 11 is 3.23. The Balaban J connectivity index is 2.12. The van der Waals surface area contributed by atoms with Gasteiger partial charge in [0.15, 0.2) is 0 Å². The Hall–Kier alpha value is -1.56. The van der Waals surface area contributed by atoms with Crippen molar-refractivity contribution in [2.45, 2.75) is 31.7 Å². The van der Waals surface area contributed by atoms with Crippen molar-refractivity contribution >= 4 is 33.6 Å². The summed E-state index contributed by atoms with van der Waals surface area (Å²) in [6, 6.07) is 4.76. The Morgan fingerprint density at radius 1 is 1.35 bits per heavy atom. The molecular weight excluding hydrogens is 324 g/mol. The zero-order valence-corrected chi connectivity index (χ0v) is 12.8. The first-order valence-electron chi connectivity index (χ1n) is 6.55. The van der Waals surface area contributed by atoms with Gasteiger partial charge in [0.1, 0.15) is 0 Å². The van der Waals surface area contributed by atoms with Crippen LogP contribution in [0, 0.1) is 0 Å². The van der Waals surface area contributed by atoms with Crippen molar-refractivity contribution < 1.29 is 14.7 Å². The van der Waals surface area contributed by atoms with Gasteiger partial charge < -0.3 is 15.3 Å². The molecule has 1 saturated carbocycles. The summed E-state index contributed by atoms with van der Waals surface area (Å²) in [6.45, 7) is 0. The van der Waals surface area contributed by atoms with E-state index in [1.54, 1.807) is 24.1 Å². The number of carboxylic acids is 1. The number of hydrogen-bond acceptors (Lipinski definition) is 2. The second-order valence-electron chi connectivity index (χ2n) is 4.97. The van der Waals surface area contributed by atoms with Gasteiger partial charge >= 0.3 is 12.0 Å². The van der Waals surface area contributed by atoms with Crippen LogP contribution in [0.15, 0.2) is 22.7 Å². The Labute approximate surface area is 126 Å². The minimum absolute atomic E-state index is 0.0764. The van der Waals surface area contributed by atoms with E-state index in [4.69, 9.17) is 5.11 Å². The number of benzene rings is 1. The topological polar surface area (TPSA) is 69.6 Å². The Morgan fingerprint density at radius 2 is 2.00 bits per heavy atom. The van der Waals surface area contributed by atoms with Crippen molar-refractivity contribution in [3.63, 3.8) is 0 Å². The molecule has 108 valence electrons. The van der Waals surface area contributed by atoms with Gasteiger partial charge in [-0.1, -0.05) is 28.8 Å². The number of anilines is 1. The molecule has 2 amide bonds. The van der Waals surface area contributed by atoms with E-state index in [9.17, 15) is 9.59 Å². The first-order valence-corrected chi connectivity index (χ1v) is 7.35. The Kier molecular flexibility index (Phi) is 4.65. The van der Waals surface area contributed by atoms with E-state index in [2.05, 4.69) is 21.2 Å². The molecule has 6 heteroatoms. The van der Waals surface area contributed by atoms with E-state index in [1.165, 1.54) is 6.07 Å². The molecule has 0 unspecified atom stereocenters. The average Bonchev–Trinajstić information content (AvgIpc) is 2.93. The molecule has 0 aromatic heterocycles. The van der Waals surface area contributed by atoms with Crippen molar-refractivity contribution in [3.05, 3.63) is 28.2 Å². The smallest absolute Gasteiger partial charge is 0.337 e. The first kappa shape index (κ1) is 14.8.